The predicted molar refractivity (Wildman–Crippen MR) is 63.0 cm³/mol. The van der Waals surface area contributed by atoms with Crippen LogP contribution in [0.5, 0.6) is 0 Å². The van der Waals surface area contributed by atoms with Crippen LogP contribution in [-0.4, -0.2) is 6.04 Å². The summed E-state index contributed by atoms with van der Waals surface area (Å²) in [6, 6.07) is 2.83. The van der Waals surface area contributed by atoms with Crippen LogP contribution < -0.4 is 5.32 Å². The highest BCUT2D eigenvalue weighted by Crippen LogP contribution is 2.35. The van der Waals surface area contributed by atoms with Crippen LogP contribution in [0.15, 0.2) is 11.4 Å². The van der Waals surface area contributed by atoms with Crippen molar-refractivity contribution in [3.8, 4) is 0 Å². The normalized spacial score (nSPS) is 25.3. The number of nitrogens with one attached hydrogen (secondary N) is 1. The molecule has 0 aromatic carbocycles. The molecule has 0 spiro atoms. The third kappa shape index (κ3) is 2.72. The summed E-state index contributed by atoms with van der Waals surface area (Å²) in [5.41, 5.74) is 0. The van der Waals surface area contributed by atoms with Crippen LogP contribution in [0.25, 0.3) is 0 Å². The molecule has 1 aliphatic rings. The van der Waals surface area contributed by atoms with Gasteiger partial charge in [-0.25, -0.2) is 0 Å². The molecular weight excluding hydrogens is 214 g/mol. The number of halogens is 1. The Labute approximate surface area is 94.5 Å². The van der Waals surface area contributed by atoms with Gasteiger partial charge >= 0.3 is 0 Å². The lowest BCUT2D eigenvalue weighted by atomic mass is 10.2. The molecule has 1 N–H and O–H groups in total. The first kappa shape index (κ1) is 10.5. The largest absolute Gasteiger partial charge is 0.309 e. The molecule has 14 heavy (non-hydrogen) atoms. The van der Waals surface area contributed by atoms with Gasteiger partial charge in [-0.3, -0.25) is 0 Å². The zero-order chi connectivity index (χ0) is 9.97. The van der Waals surface area contributed by atoms with Crippen molar-refractivity contribution in [1.29, 1.82) is 0 Å². The zero-order valence-corrected chi connectivity index (χ0v) is 10.00. The second kappa shape index (κ2) is 4.65. The average Bonchev–Trinajstić information content (AvgIpc) is 2.77. The highest BCUT2D eigenvalue weighted by atomic mass is 35.5. The SMILES string of the molecule is CCCC1CC1NCc1cc(Cl)cs1. The first-order chi connectivity index (χ1) is 6.79. The number of thiophene rings is 1. The second-order valence-electron chi connectivity index (χ2n) is 4.00. The molecule has 2 unspecified atom stereocenters. The molecule has 3 heteroatoms. The minimum absolute atomic E-state index is 0.774. The van der Waals surface area contributed by atoms with Crippen molar-refractivity contribution in [1.82, 2.24) is 5.32 Å². The van der Waals surface area contributed by atoms with Gasteiger partial charge in [-0.15, -0.1) is 11.3 Å². The topological polar surface area (TPSA) is 12.0 Å². The van der Waals surface area contributed by atoms with Crippen molar-refractivity contribution in [2.45, 2.75) is 38.8 Å². The summed E-state index contributed by atoms with van der Waals surface area (Å²) in [5.74, 6) is 0.940. The van der Waals surface area contributed by atoms with Gasteiger partial charge in [-0.2, -0.15) is 0 Å². The zero-order valence-electron chi connectivity index (χ0n) is 8.42. The van der Waals surface area contributed by atoms with E-state index in [-0.39, 0.29) is 0 Å². The van der Waals surface area contributed by atoms with Crippen molar-refractivity contribution in [3.63, 3.8) is 0 Å². The van der Waals surface area contributed by atoms with E-state index in [1.807, 2.05) is 5.38 Å². The van der Waals surface area contributed by atoms with Gasteiger partial charge in [-0.05, 0) is 24.8 Å². The molecule has 1 aliphatic carbocycles. The summed E-state index contributed by atoms with van der Waals surface area (Å²) in [7, 11) is 0. The van der Waals surface area contributed by atoms with Crippen molar-refractivity contribution in [2.75, 3.05) is 0 Å². The molecule has 1 aromatic rings. The smallest absolute Gasteiger partial charge is 0.0516 e. The molecule has 0 radical (unpaired) electrons. The quantitative estimate of drug-likeness (QED) is 0.812. The van der Waals surface area contributed by atoms with Crippen molar-refractivity contribution in [2.24, 2.45) is 5.92 Å². The van der Waals surface area contributed by atoms with Crippen LogP contribution in [0.4, 0.5) is 0 Å². The van der Waals surface area contributed by atoms with Gasteiger partial charge in [0.2, 0.25) is 0 Å². The maximum atomic E-state index is 5.85. The summed E-state index contributed by atoms with van der Waals surface area (Å²) in [6.45, 7) is 3.25. The maximum absolute atomic E-state index is 5.85. The molecule has 0 amide bonds. The lowest BCUT2D eigenvalue weighted by Gasteiger charge is -2.00. The standard InChI is InChI=1S/C11H16ClNS/c1-2-3-8-4-11(8)13-6-10-5-9(12)7-14-10/h5,7-8,11,13H,2-4,6H2,1H3. The molecule has 1 saturated carbocycles. The Morgan fingerprint density at radius 1 is 1.64 bits per heavy atom. The Balaban J connectivity index is 1.69. The first-order valence-corrected chi connectivity index (χ1v) is 6.51. The van der Waals surface area contributed by atoms with E-state index in [1.165, 1.54) is 24.1 Å². The highest BCUT2D eigenvalue weighted by molar-refractivity contribution is 7.10. The van der Waals surface area contributed by atoms with E-state index in [2.05, 4.69) is 18.3 Å². The fourth-order valence-electron chi connectivity index (χ4n) is 1.87. The minimum Gasteiger partial charge on any atom is -0.309 e. The van der Waals surface area contributed by atoms with Crippen LogP contribution >= 0.6 is 22.9 Å². The Morgan fingerprint density at radius 3 is 3.14 bits per heavy atom. The van der Waals surface area contributed by atoms with Gasteiger partial charge in [0.25, 0.3) is 0 Å². The fourth-order valence-corrected chi connectivity index (χ4v) is 2.89. The predicted octanol–water partition coefficient (Wildman–Crippen LogP) is 3.68. The molecule has 1 nitrogen and oxygen atoms in total. The van der Waals surface area contributed by atoms with Crippen LogP contribution in [0.3, 0.4) is 0 Å². The van der Waals surface area contributed by atoms with Gasteiger partial charge < -0.3 is 5.32 Å². The highest BCUT2D eigenvalue weighted by Gasteiger charge is 2.35. The lowest BCUT2D eigenvalue weighted by molar-refractivity contribution is 0.602. The van der Waals surface area contributed by atoms with Crippen LogP contribution in [0.2, 0.25) is 5.02 Å². The summed E-state index contributed by atoms with van der Waals surface area (Å²) in [4.78, 5) is 1.34. The molecule has 2 rings (SSSR count). The molecule has 0 aliphatic heterocycles. The minimum atomic E-state index is 0.774. The van der Waals surface area contributed by atoms with E-state index >= 15 is 0 Å². The van der Waals surface area contributed by atoms with Crippen molar-refractivity contribution < 1.29 is 0 Å². The molecule has 1 fully saturated rings. The lowest BCUT2D eigenvalue weighted by Crippen LogP contribution is -2.16. The molecule has 0 saturated heterocycles. The van der Waals surface area contributed by atoms with E-state index in [1.54, 1.807) is 11.3 Å². The number of hydrogen-bond donors (Lipinski definition) is 1. The molecule has 78 valence electrons. The van der Waals surface area contributed by atoms with Gasteiger partial charge in [0.1, 0.15) is 0 Å². The van der Waals surface area contributed by atoms with Gasteiger partial charge in [0.15, 0.2) is 0 Å². The van der Waals surface area contributed by atoms with Crippen LogP contribution in [0, 0.1) is 5.92 Å². The average molecular weight is 230 g/mol. The van der Waals surface area contributed by atoms with E-state index in [4.69, 9.17) is 11.6 Å². The summed E-state index contributed by atoms with van der Waals surface area (Å²) in [6.07, 6.45) is 4.06. The van der Waals surface area contributed by atoms with Crippen molar-refractivity contribution >= 4 is 22.9 Å². The Hall–Kier alpha value is -0.0500. The summed E-state index contributed by atoms with van der Waals surface area (Å²) < 4.78 is 0. The van der Waals surface area contributed by atoms with Gasteiger partial charge in [0.05, 0.1) is 5.02 Å². The molecule has 1 heterocycles. The number of rotatable bonds is 5. The van der Waals surface area contributed by atoms with Gasteiger partial charge in [-0.1, -0.05) is 24.9 Å². The van der Waals surface area contributed by atoms with Crippen molar-refractivity contribution in [3.05, 3.63) is 21.3 Å². The Kier molecular flexibility index (Phi) is 3.47. The summed E-state index contributed by atoms with van der Waals surface area (Å²) >= 11 is 7.59. The third-order valence-corrected chi connectivity index (χ3v) is 4.03. The Bertz CT molecular complexity index is 297. The van der Waals surface area contributed by atoms with E-state index < -0.39 is 0 Å². The second-order valence-corrected chi connectivity index (χ2v) is 5.44. The third-order valence-electron chi connectivity index (χ3n) is 2.74. The molecular formula is C11H16ClNS. The molecule has 2 atom stereocenters. The molecule has 1 aromatic heterocycles. The maximum Gasteiger partial charge on any atom is 0.0516 e. The molecule has 0 bridgehead atoms. The monoisotopic (exact) mass is 229 g/mol. The van der Waals surface area contributed by atoms with Crippen LogP contribution in [-0.2, 0) is 6.54 Å². The van der Waals surface area contributed by atoms with E-state index in [0.29, 0.717) is 0 Å². The Morgan fingerprint density at radius 2 is 2.50 bits per heavy atom. The first-order valence-electron chi connectivity index (χ1n) is 5.26. The summed E-state index contributed by atoms with van der Waals surface area (Å²) in [5, 5.41) is 6.44. The fraction of sp³-hybridized carbons (Fsp3) is 0.636. The van der Waals surface area contributed by atoms with E-state index in [0.717, 1.165) is 23.5 Å². The van der Waals surface area contributed by atoms with E-state index in [9.17, 15) is 0 Å². The van der Waals surface area contributed by atoms with Crippen LogP contribution in [0.1, 0.15) is 31.1 Å². The number of hydrogen-bond acceptors (Lipinski definition) is 2. The van der Waals surface area contributed by atoms with Gasteiger partial charge in [0, 0.05) is 22.8 Å².